The molecule has 1 N–H and O–H groups in total. The number of nitrogens with zero attached hydrogens (tertiary/aromatic N) is 2. The first-order valence-corrected chi connectivity index (χ1v) is 2.67. The van der Waals surface area contributed by atoms with E-state index in [1.54, 1.807) is 0 Å². The highest BCUT2D eigenvalue weighted by Crippen LogP contribution is 2.11. The predicted octanol–water partition coefficient (Wildman–Crippen LogP) is 0.976. The lowest BCUT2D eigenvalue weighted by Crippen LogP contribution is -2.09. The van der Waals surface area contributed by atoms with Crippen molar-refractivity contribution in [2.75, 3.05) is 0 Å². The number of carbonyl (C=O) groups is 1. The number of alkyl halides is 2. The Morgan fingerprint density at radius 3 is 2.73 bits per heavy atom. The molecule has 0 saturated carbocycles. The lowest BCUT2D eigenvalue weighted by atomic mass is 10.6. The summed E-state index contributed by atoms with van der Waals surface area (Å²) in [4.78, 5) is 13.4. The molecule has 0 bridgehead atoms. The molecule has 4 nitrogen and oxygen atoms in total. The van der Waals surface area contributed by atoms with E-state index >= 15 is 0 Å². The van der Waals surface area contributed by atoms with Crippen molar-refractivity contribution in [3.8, 4) is 0 Å². The second-order valence-electron chi connectivity index (χ2n) is 1.74. The van der Waals surface area contributed by atoms with E-state index in [0.29, 0.717) is 0 Å². The van der Waals surface area contributed by atoms with E-state index in [-0.39, 0.29) is 4.57 Å². The minimum atomic E-state index is -2.86. The second-order valence-corrected chi connectivity index (χ2v) is 1.74. The Hall–Kier alpha value is -1.46. The minimum Gasteiger partial charge on any atom is -0.475 e. The summed E-state index contributed by atoms with van der Waals surface area (Å²) in [6.45, 7) is -2.86. The molecule has 1 aromatic rings. The quantitative estimate of drug-likeness (QED) is 0.705. The summed E-state index contributed by atoms with van der Waals surface area (Å²) in [6.07, 6.45) is 1.92. The van der Waals surface area contributed by atoms with Crippen LogP contribution in [0.25, 0.3) is 0 Å². The number of aromatic carboxylic acids is 1. The van der Waals surface area contributed by atoms with Gasteiger partial charge in [-0.25, -0.2) is 9.78 Å². The third kappa shape index (κ3) is 1.34. The molecule has 6 heteroatoms. The van der Waals surface area contributed by atoms with Gasteiger partial charge in [0.05, 0.1) is 0 Å². The summed E-state index contributed by atoms with van der Waals surface area (Å²) in [5.74, 6) is -2.12. The molecule has 0 amide bonds. The van der Waals surface area contributed by atoms with Crippen LogP contribution in [-0.2, 0) is 0 Å². The van der Waals surface area contributed by atoms with Gasteiger partial charge in [0.15, 0.2) is 0 Å². The lowest BCUT2D eigenvalue weighted by Gasteiger charge is -2.00. The maximum Gasteiger partial charge on any atom is 0.372 e. The number of rotatable bonds is 2. The molecule has 1 rings (SSSR count). The number of imidazole rings is 1. The van der Waals surface area contributed by atoms with E-state index in [1.807, 2.05) is 0 Å². The topological polar surface area (TPSA) is 55.1 Å². The van der Waals surface area contributed by atoms with Crippen LogP contribution in [-0.4, -0.2) is 20.6 Å². The molecule has 0 atom stereocenters. The lowest BCUT2D eigenvalue weighted by molar-refractivity contribution is 0.0517. The van der Waals surface area contributed by atoms with E-state index in [1.165, 1.54) is 0 Å². The Kier molecular flexibility index (Phi) is 1.84. The van der Waals surface area contributed by atoms with Gasteiger partial charge in [0.1, 0.15) is 0 Å². The molecule has 1 aromatic heterocycles. The number of halogens is 2. The van der Waals surface area contributed by atoms with Gasteiger partial charge in [-0.05, 0) is 0 Å². The summed E-state index contributed by atoms with van der Waals surface area (Å²) in [7, 11) is 0. The van der Waals surface area contributed by atoms with Crippen LogP contribution in [0.5, 0.6) is 0 Å². The Morgan fingerprint density at radius 1 is 1.73 bits per heavy atom. The molecule has 0 radical (unpaired) electrons. The fraction of sp³-hybridized carbons (Fsp3) is 0.200. The summed E-state index contributed by atoms with van der Waals surface area (Å²) in [5, 5.41) is 8.29. The number of aromatic nitrogens is 2. The van der Waals surface area contributed by atoms with Gasteiger partial charge in [-0.1, -0.05) is 0 Å². The van der Waals surface area contributed by atoms with Crippen LogP contribution in [0.4, 0.5) is 8.78 Å². The van der Waals surface area contributed by atoms with Crippen LogP contribution in [0.1, 0.15) is 17.2 Å². The SMILES string of the molecule is O=C(O)c1nccn1C(F)F. The molecule has 0 spiro atoms. The summed E-state index contributed by atoms with van der Waals surface area (Å²) >= 11 is 0. The zero-order valence-electron chi connectivity index (χ0n) is 5.24. The van der Waals surface area contributed by atoms with Gasteiger partial charge in [0, 0.05) is 12.4 Å². The first-order valence-electron chi connectivity index (χ1n) is 2.67. The fourth-order valence-electron chi connectivity index (χ4n) is 0.636. The van der Waals surface area contributed by atoms with E-state index in [2.05, 4.69) is 4.98 Å². The average molecular weight is 162 g/mol. The second kappa shape index (κ2) is 2.65. The Balaban J connectivity index is 3.06. The molecule has 0 fully saturated rings. The van der Waals surface area contributed by atoms with E-state index in [9.17, 15) is 13.6 Å². The average Bonchev–Trinajstić information content (AvgIpc) is 2.32. The van der Waals surface area contributed by atoms with Gasteiger partial charge in [-0.2, -0.15) is 8.78 Å². The van der Waals surface area contributed by atoms with Crippen molar-refractivity contribution in [2.24, 2.45) is 0 Å². The molecule has 1 heterocycles. The van der Waals surface area contributed by atoms with Crippen LogP contribution >= 0.6 is 0 Å². The van der Waals surface area contributed by atoms with Gasteiger partial charge >= 0.3 is 12.5 Å². The Bertz CT molecular complexity index is 271. The third-order valence-corrected chi connectivity index (χ3v) is 1.07. The fourth-order valence-corrected chi connectivity index (χ4v) is 0.636. The van der Waals surface area contributed by atoms with Crippen molar-refractivity contribution in [3.05, 3.63) is 18.2 Å². The zero-order chi connectivity index (χ0) is 8.43. The van der Waals surface area contributed by atoms with Gasteiger partial charge in [-0.15, -0.1) is 0 Å². The van der Waals surface area contributed by atoms with Crippen molar-refractivity contribution in [1.82, 2.24) is 9.55 Å². The Morgan fingerprint density at radius 2 is 2.36 bits per heavy atom. The minimum absolute atomic E-state index is 0.280. The molecule has 0 aliphatic rings. The first-order chi connectivity index (χ1) is 5.13. The highest BCUT2D eigenvalue weighted by Gasteiger charge is 2.16. The van der Waals surface area contributed by atoms with Crippen LogP contribution < -0.4 is 0 Å². The van der Waals surface area contributed by atoms with Gasteiger partial charge < -0.3 is 5.11 Å². The van der Waals surface area contributed by atoms with Crippen molar-refractivity contribution in [3.63, 3.8) is 0 Å². The van der Waals surface area contributed by atoms with E-state index in [4.69, 9.17) is 5.11 Å². The van der Waals surface area contributed by atoms with Crippen molar-refractivity contribution < 1.29 is 18.7 Å². The van der Waals surface area contributed by atoms with Crippen molar-refractivity contribution in [2.45, 2.75) is 6.55 Å². The normalized spacial score (nSPS) is 10.5. The molecule has 60 valence electrons. The van der Waals surface area contributed by atoms with Gasteiger partial charge in [0.2, 0.25) is 5.82 Å². The largest absolute Gasteiger partial charge is 0.475 e. The third-order valence-electron chi connectivity index (χ3n) is 1.07. The number of hydrogen-bond acceptors (Lipinski definition) is 2. The van der Waals surface area contributed by atoms with Crippen molar-refractivity contribution in [1.29, 1.82) is 0 Å². The standard InChI is InChI=1S/C5H4F2N2O2/c6-5(7)9-2-1-8-3(9)4(10)11/h1-2,5H,(H,10,11). The van der Waals surface area contributed by atoms with Gasteiger partial charge in [-0.3, -0.25) is 4.57 Å². The van der Waals surface area contributed by atoms with E-state index < -0.39 is 18.3 Å². The molecule has 0 aliphatic heterocycles. The van der Waals surface area contributed by atoms with E-state index in [0.717, 1.165) is 12.4 Å². The molecule has 11 heavy (non-hydrogen) atoms. The maximum absolute atomic E-state index is 11.9. The molecular weight excluding hydrogens is 158 g/mol. The molecule has 0 unspecified atom stereocenters. The first kappa shape index (κ1) is 7.64. The Labute approximate surface area is 60.1 Å². The zero-order valence-corrected chi connectivity index (χ0v) is 5.24. The highest BCUT2D eigenvalue weighted by atomic mass is 19.3. The molecule has 0 aromatic carbocycles. The number of carboxylic acids is 1. The highest BCUT2D eigenvalue weighted by molar-refractivity contribution is 5.83. The summed E-state index contributed by atoms with van der Waals surface area (Å²) < 4.78 is 24.0. The van der Waals surface area contributed by atoms with Crippen molar-refractivity contribution >= 4 is 5.97 Å². The van der Waals surface area contributed by atoms with Crippen LogP contribution in [0.15, 0.2) is 12.4 Å². The summed E-state index contributed by atoms with van der Waals surface area (Å²) in [6, 6.07) is 0. The molecule has 0 aliphatic carbocycles. The van der Waals surface area contributed by atoms with Crippen LogP contribution in [0.2, 0.25) is 0 Å². The maximum atomic E-state index is 11.9. The molecular formula is C5H4F2N2O2. The van der Waals surface area contributed by atoms with Crippen LogP contribution in [0.3, 0.4) is 0 Å². The summed E-state index contributed by atoms with van der Waals surface area (Å²) in [5.41, 5.74) is 0. The monoisotopic (exact) mass is 162 g/mol. The van der Waals surface area contributed by atoms with Gasteiger partial charge in [0.25, 0.3) is 0 Å². The smallest absolute Gasteiger partial charge is 0.372 e. The number of hydrogen-bond donors (Lipinski definition) is 1. The van der Waals surface area contributed by atoms with Crippen LogP contribution in [0, 0.1) is 0 Å². The number of carboxylic acid groups (broad SMARTS) is 1. The predicted molar refractivity (Wildman–Crippen MR) is 30.4 cm³/mol. The molecule has 0 saturated heterocycles.